The molecule has 0 aliphatic heterocycles. The van der Waals surface area contributed by atoms with Crippen molar-refractivity contribution in [2.75, 3.05) is 5.32 Å². The molecule has 5 rings (SSSR count). The van der Waals surface area contributed by atoms with Crippen molar-refractivity contribution >= 4 is 51.3 Å². The first kappa shape index (κ1) is 25.1. The Morgan fingerprint density at radius 1 is 0.921 bits per heavy atom. The van der Waals surface area contributed by atoms with Crippen LogP contribution in [0.1, 0.15) is 16.3 Å². The second kappa shape index (κ2) is 10.8. The number of carbonyl (C=O) groups is 1. The molecule has 0 aliphatic rings. The Bertz CT molecular complexity index is 1660. The number of ether oxygens (including phenoxy) is 2. The molecule has 0 aliphatic carbocycles. The van der Waals surface area contributed by atoms with Gasteiger partial charge in [-0.15, -0.1) is 0 Å². The van der Waals surface area contributed by atoms with Gasteiger partial charge < -0.3 is 19.2 Å². The van der Waals surface area contributed by atoms with E-state index in [0.717, 1.165) is 10.8 Å². The van der Waals surface area contributed by atoms with Gasteiger partial charge in [0.2, 0.25) is 0 Å². The molecule has 1 amide bonds. The molecule has 0 unspecified atom stereocenters. The molecule has 0 atom stereocenters. The van der Waals surface area contributed by atoms with Gasteiger partial charge in [0.1, 0.15) is 29.6 Å². The van der Waals surface area contributed by atoms with Gasteiger partial charge in [-0.1, -0.05) is 59.6 Å². The second-order valence-corrected chi connectivity index (χ2v) is 8.98. The smallest absolute Gasteiger partial charge is 0.291 e. The molecule has 8 nitrogen and oxygen atoms in total. The highest BCUT2D eigenvalue weighted by molar-refractivity contribution is 6.35. The number of fused-ring (bicyclic) bond motifs is 1. The van der Waals surface area contributed by atoms with Crippen molar-refractivity contribution in [1.29, 1.82) is 0 Å². The molecule has 38 heavy (non-hydrogen) atoms. The van der Waals surface area contributed by atoms with Crippen LogP contribution in [0.4, 0.5) is 11.4 Å². The van der Waals surface area contributed by atoms with Crippen molar-refractivity contribution < 1.29 is 23.6 Å². The van der Waals surface area contributed by atoms with Crippen molar-refractivity contribution in [3.63, 3.8) is 0 Å². The van der Waals surface area contributed by atoms with Gasteiger partial charge in [0.15, 0.2) is 5.76 Å². The Hall–Kier alpha value is -4.53. The molecule has 0 saturated heterocycles. The summed E-state index contributed by atoms with van der Waals surface area (Å²) in [6.45, 7) is 0.109. The topological polar surface area (TPSA) is 104 Å². The molecule has 10 heteroatoms. The summed E-state index contributed by atoms with van der Waals surface area (Å²) in [5.41, 5.74) is -0.152. The highest BCUT2D eigenvalue weighted by Crippen LogP contribution is 2.35. The Balaban J connectivity index is 1.30. The summed E-state index contributed by atoms with van der Waals surface area (Å²) in [6, 6.07) is 25.2. The number of non-ortho nitro benzene ring substituents is 1. The molecular weight excluding hydrogens is 531 g/mol. The summed E-state index contributed by atoms with van der Waals surface area (Å²) in [5.74, 6) is 0.880. The van der Waals surface area contributed by atoms with Gasteiger partial charge in [-0.3, -0.25) is 14.9 Å². The number of halogens is 2. The predicted molar refractivity (Wildman–Crippen MR) is 145 cm³/mol. The molecule has 0 saturated carbocycles. The number of nitrogens with one attached hydrogen (secondary N) is 1. The second-order valence-electron chi connectivity index (χ2n) is 8.14. The number of amides is 1. The van der Waals surface area contributed by atoms with E-state index in [4.69, 9.17) is 37.1 Å². The zero-order valence-corrected chi connectivity index (χ0v) is 21.0. The third kappa shape index (κ3) is 5.72. The zero-order valence-electron chi connectivity index (χ0n) is 19.5. The minimum atomic E-state index is -0.600. The van der Waals surface area contributed by atoms with Gasteiger partial charge >= 0.3 is 0 Å². The molecule has 0 radical (unpaired) electrons. The first-order valence-corrected chi connectivity index (χ1v) is 12.0. The van der Waals surface area contributed by atoms with Gasteiger partial charge in [-0.2, -0.15) is 0 Å². The lowest BCUT2D eigenvalue weighted by Gasteiger charge is -2.10. The number of rotatable bonds is 8. The normalized spacial score (nSPS) is 10.8. The quantitative estimate of drug-likeness (QED) is 0.154. The summed E-state index contributed by atoms with van der Waals surface area (Å²) in [6.07, 6.45) is 0. The Morgan fingerprint density at radius 2 is 1.74 bits per heavy atom. The first-order chi connectivity index (χ1) is 18.4. The van der Waals surface area contributed by atoms with E-state index in [0.29, 0.717) is 16.5 Å². The van der Waals surface area contributed by atoms with E-state index in [1.54, 1.807) is 12.1 Å². The van der Waals surface area contributed by atoms with Crippen LogP contribution in [-0.2, 0) is 6.61 Å². The fraction of sp³-hybridized carbons (Fsp3) is 0.0357. The lowest BCUT2D eigenvalue weighted by atomic mass is 10.1. The van der Waals surface area contributed by atoms with Crippen LogP contribution < -0.4 is 14.8 Å². The minimum Gasteiger partial charge on any atom is -0.485 e. The number of benzene rings is 4. The van der Waals surface area contributed by atoms with E-state index in [1.165, 1.54) is 36.4 Å². The number of nitro benzene ring substituents is 1. The summed E-state index contributed by atoms with van der Waals surface area (Å²) >= 11 is 12.1. The Morgan fingerprint density at radius 3 is 2.55 bits per heavy atom. The number of nitro groups is 1. The van der Waals surface area contributed by atoms with Crippen LogP contribution in [-0.4, -0.2) is 10.8 Å². The molecule has 5 aromatic rings. The third-order valence-electron chi connectivity index (χ3n) is 5.49. The maximum atomic E-state index is 12.8. The largest absolute Gasteiger partial charge is 0.485 e. The summed E-state index contributed by atoms with van der Waals surface area (Å²) in [4.78, 5) is 23.7. The predicted octanol–water partition coefficient (Wildman–Crippen LogP) is 8.27. The summed E-state index contributed by atoms with van der Waals surface area (Å²) in [7, 11) is 0. The number of carbonyl (C=O) groups excluding carboxylic acids is 1. The van der Waals surface area contributed by atoms with Crippen molar-refractivity contribution in [3.05, 3.63) is 123 Å². The molecule has 1 aromatic heterocycles. The van der Waals surface area contributed by atoms with E-state index in [2.05, 4.69) is 5.32 Å². The fourth-order valence-corrected chi connectivity index (χ4v) is 4.19. The zero-order chi connectivity index (χ0) is 26.6. The third-order valence-corrected chi connectivity index (χ3v) is 6.02. The highest BCUT2D eigenvalue weighted by atomic mass is 35.5. The maximum Gasteiger partial charge on any atom is 0.291 e. The molecular formula is C28H18Cl2N2O6. The van der Waals surface area contributed by atoms with E-state index in [1.807, 2.05) is 42.5 Å². The molecule has 0 bridgehead atoms. The molecule has 190 valence electrons. The highest BCUT2D eigenvalue weighted by Gasteiger charge is 2.17. The van der Waals surface area contributed by atoms with E-state index in [9.17, 15) is 14.9 Å². The van der Waals surface area contributed by atoms with E-state index >= 15 is 0 Å². The van der Waals surface area contributed by atoms with Crippen LogP contribution in [0.5, 0.6) is 17.2 Å². The van der Waals surface area contributed by atoms with E-state index < -0.39 is 10.8 Å². The van der Waals surface area contributed by atoms with Crippen LogP contribution in [0.2, 0.25) is 10.0 Å². The summed E-state index contributed by atoms with van der Waals surface area (Å²) in [5, 5.41) is 16.7. The molecule has 0 fully saturated rings. The molecule has 1 N–H and O–H groups in total. The van der Waals surface area contributed by atoms with Crippen molar-refractivity contribution in [2.45, 2.75) is 6.61 Å². The van der Waals surface area contributed by atoms with Crippen molar-refractivity contribution in [1.82, 2.24) is 0 Å². The molecule has 4 aromatic carbocycles. The average molecular weight is 549 g/mol. The minimum absolute atomic E-state index is 0.0104. The monoisotopic (exact) mass is 548 g/mol. The number of nitrogens with zero attached hydrogens (tertiary/aromatic N) is 1. The number of hydrogen-bond acceptors (Lipinski definition) is 6. The Kier molecular flexibility index (Phi) is 7.17. The van der Waals surface area contributed by atoms with Crippen LogP contribution in [0.3, 0.4) is 0 Å². The van der Waals surface area contributed by atoms with Gasteiger partial charge in [0, 0.05) is 22.5 Å². The standard InChI is InChI=1S/C28H18Cl2N2O6/c29-18-8-10-26(24(30)12-18)38-22-14-19(13-20(15-22)32(34)35)31-28(33)27-11-9-21(37-27)16-36-25-7-3-5-17-4-1-2-6-23(17)25/h1-15H,16H2,(H,31,33). The van der Waals surface area contributed by atoms with E-state index in [-0.39, 0.29) is 40.3 Å². The van der Waals surface area contributed by atoms with Crippen LogP contribution in [0.25, 0.3) is 10.8 Å². The average Bonchev–Trinajstić information content (AvgIpc) is 3.38. The van der Waals surface area contributed by atoms with Crippen molar-refractivity contribution in [2.24, 2.45) is 0 Å². The fourth-order valence-electron chi connectivity index (χ4n) is 3.75. The van der Waals surface area contributed by atoms with Gasteiger partial charge in [0.25, 0.3) is 11.6 Å². The molecule has 0 spiro atoms. The van der Waals surface area contributed by atoms with Gasteiger partial charge in [-0.25, -0.2) is 0 Å². The first-order valence-electron chi connectivity index (χ1n) is 11.3. The summed E-state index contributed by atoms with van der Waals surface area (Å²) < 4.78 is 17.3. The van der Waals surface area contributed by atoms with Gasteiger partial charge in [-0.05, 0) is 41.8 Å². The van der Waals surface area contributed by atoms with Crippen LogP contribution in [0.15, 0.2) is 95.4 Å². The maximum absolute atomic E-state index is 12.8. The van der Waals surface area contributed by atoms with Gasteiger partial charge in [0.05, 0.1) is 21.7 Å². The molecule has 1 heterocycles. The number of anilines is 1. The van der Waals surface area contributed by atoms with Crippen LogP contribution in [0, 0.1) is 10.1 Å². The lowest BCUT2D eigenvalue weighted by molar-refractivity contribution is -0.384. The Labute approximate surface area is 226 Å². The SMILES string of the molecule is O=C(Nc1cc(Oc2ccc(Cl)cc2Cl)cc([N+](=O)[O-])c1)c1ccc(COc2cccc3ccccc23)o1. The number of hydrogen-bond donors (Lipinski definition) is 1. The van der Waals surface area contributed by atoms with Crippen molar-refractivity contribution in [3.8, 4) is 17.2 Å². The lowest BCUT2D eigenvalue weighted by Crippen LogP contribution is -2.11. The number of furan rings is 1. The van der Waals surface area contributed by atoms with Crippen LogP contribution >= 0.6 is 23.2 Å².